The van der Waals surface area contributed by atoms with Crippen molar-refractivity contribution in [2.24, 2.45) is 5.73 Å². The molecule has 0 aliphatic rings. The van der Waals surface area contributed by atoms with Crippen LogP contribution in [0.25, 0.3) is 0 Å². The van der Waals surface area contributed by atoms with E-state index in [9.17, 15) is 4.79 Å². The Hall–Kier alpha value is -1.14. The summed E-state index contributed by atoms with van der Waals surface area (Å²) >= 11 is 4.50. The number of unbranched alkanes of at least 4 members (excludes halogenated alkanes) is 1. The Bertz CT molecular complexity index is 323. The van der Waals surface area contributed by atoms with Crippen molar-refractivity contribution >= 4 is 17.8 Å². The minimum atomic E-state index is -0.0932. The zero-order valence-electron chi connectivity index (χ0n) is 11.1. The molecule has 0 bridgehead atoms. The highest BCUT2D eigenvalue weighted by Gasteiger charge is 2.00. The highest BCUT2D eigenvalue weighted by atomic mass is 35.5. The van der Waals surface area contributed by atoms with Gasteiger partial charge in [0.1, 0.15) is 0 Å². The molecular weight excluding hydrogens is 268 g/mol. The lowest BCUT2D eigenvalue weighted by atomic mass is 10.2. The number of hydrogen-bond acceptors (Lipinski definition) is 4. The quantitative estimate of drug-likeness (QED) is 0.595. The van der Waals surface area contributed by atoms with E-state index in [2.05, 4.69) is 21.6 Å². The predicted octanol–water partition coefficient (Wildman–Crippen LogP) is 2.15. The first kappa shape index (κ1) is 17.9. The van der Waals surface area contributed by atoms with Crippen LogP contribution >= 0.6 is 11.9 Å². The van der Waals surface area contributed by atoms with Gasteiger partial charge in [-0.1, -0.05) is 30.3 Å². The number of carbonyl (C=O) groups is 1. The Morgan fingerprint density at radius 2 is 1.95 bits per heavy atom. The first-order valence-corrected chi connectivity index (χ1v) is 6.34. The van der Waals surface area contributed by atoms with Gasteiger partial charge in [-0.25, -0.2) is 5.48 Å². The number of nitrogens with one attached hydrogen (secondary N) is 1. The van der Waals surface area contributed by atoms with Crippen LogP contribution in [0.4, 0.5) is 0 Å². The molecule has 108 valence electrons. The largest absolute Gasteiger partial charge is 0.330 e. The van der Waals surface area contributed by atoms with Gasteiger partial charge >= 0.3 is 0 Å². The fourth-order valence-electron chi connectivity index (χ4n) is 1.26. The molecular formula is C13H21ClN2O3. The molecule has 0 spiro atoms. The fourth-order valence-corrected chi connectivity index (χ4v) is 1.26. The van der Waals surface area contributed by atoms with E-state index in [0.717, 1.165) is 18.4 Å². The molecule has 0 saturated heterocycles. The molecule has 0 aromatic heterocycles. The normalized spacial score (nSPS) is 9.42. The van der Waals surface area contributed by atoms with E-state index in [0.29, 0.717) is 19.6 Å². The minimum absolute atomic E-state index is 0.0932. The molecule has 0 saturated carbocycles. The molecule has 0 aliphatic carbocycles. The second-order valence-corrected chi connectivity index (χ2v) is 4.01. The van der Waals surface area contributed by atoms with Gasteiger partial charge in [-0.2, -0.15) is 0 Å². The molecule has 1 aromatic rings. The third-order valence-corrected chi connectivity index (χ3v) is 2.13. The molecule has 1 aromatic carbocycles. The SMILES string of the molecule is COCl.NCCCCC(=O)NOCc1ccccc1. The van der Waals surface area contributed by atoms with Crippen LogP contribution in [-0.2, 0) is 20.5 Å². The van der Waals surface area contributed by atoms with Crippen molar-refractivity contribution in [3.05, 3.63) is 35.9 Å². The van der Waals surface area contributed by atoms with Gasteiger partial charge in [0, 0.05) is 6.42 Å². The van der Waals surface area contributed by atoms with Crippen LogP contribution in [-0.4, -0.2) is 19.6 Å². The van der Waals surface area contributed by atoms with Crippen LogP contribution < -0.4 is 11.2 Å². The van der Waals surface area contributed by atoms with Crippen molar-refractivity contribution in [2.45, 2.75) is 25.9 Å². The monoisotopic (exact) mass is 288 g/mol. The molecule has 3 N–H and O–H groups in total. The van der Waals surface area contributed by atoms with E-state index in [4.69, 9.17) is 10.6 Å². The van der Waals surface area contributed by atoms with Crippen molar-refractivity contribution in [3.8, 4) is 0 Å². The van der Waals surface area contributed by atoms with Gasteiger partial charge in [-0.3, -0.25) is 13.9 Å². The molecule has 0 heterocycles. The summed E-state index contributed by atoms with van der Waals surface area (Å²) < 4.78 is 3.72. The topological polar surface area (TPSA) is 73.6 Å². The number of nitrogens with two attached hydrogens (primary N) is 1. The zero-order valence-corrected chi connectivity index (χ0v) is 11.9. The van der Waals surface area contributed by atoms with Crippen LogP contribution in [0, 0.1) is 0 Å². The molecule has 0 atom stereocenters. The summed E-state index contributed by atoms with van der Waals surface area (Å²) in [6.07, 6.45) is 2.13. The van der Waals surface area contributed by atoms with E-state index in [1.165, 1.54) is 7.11 Å². The number of hydroxylamine groups is 1. The zero-order chi connectivity index (χ0) is 14.3. The van der Waals surface area contributed by atoms with Gasteiger partial charge in [0.15, 0.2) is 0 Å². The van der Waals surface area contributed by atoms with E-state index < -0.39 is 0 Å². The average molecular weight is 289 g/mol. The van der Waals surface area contributed by atoms with E-state index in [1.807, 2.05) is 30.3 Å². The molecule has 1 rings (SSSR count). The molecule has 0 aliphatic heterocycles. The summed E-state index contributed by atoms with van der Waals surface area (Å²) in [5.74, 6) is -0.0932. The van der Waals surface area contributed by atoms with E-state index in [1.54, 1.807) is 0 Å². The molecule has 5 nitrogen and oxygen atoms in total. The van der Waals surface area contributed by atoms with Crippen LogP contribution in [0.5, 0.6) is 0 Å². The van der Waals surface area contributed by atoms with Crippen molar-refractivity contribution in [3.63, 3.8) is 0 Å². The fraction of sp³-hybridized carbons (Fsp3) is 0.462. The summed E-state index contributed by atoms with van der Waals surface area (Å²) in [6.45, 7) is 1.02. The number of halogens is 1. The Morgan fingerprint density at radius 3 is 2.53 bits per heavy atom. The molecule has 0 unspecified atom stereocenters. The standard InChI is InChI=1S/C12H18N2O2.CH3ClO/c13-9-5-4-8-12(15)14-16-10-11-6-2-1-3-7-11;1-3-2/h1-3,6-7H,4-5,8-10,13H2,(H,14,15);1H3. The maximum atomic E-state index is 11.2. The first-order valence-electron chi connectivity index (χ1n) is 6.04. The third-order valence-electron chi connectivity index (χ3n) is 2.13. The Morgan fingerprint density at radius 1 is 1.32 bits per heavy atom. The third kappa shape index (κ3) is 11.7. The molecule has 1 amide bonds. The average Bonchev–Trinajstić information content (AvgIpc) is 2.41. The number of rotatable bonds is 7. The van der Waals surface area contributed by atoms with Crippen LogP contribution in [0.2, 0.25) is 0 Å². The van der Waals surface area contributed by atoms with E-state index >= 15 is 0 Å². The number of carbonyl (C=O) groups excluding carboxylic acids is 1. The van der Waals surface area contributed by atoms with E-state index in [-0.39, 0.29) is 5.91 Å². The first-order chi connectivity index (χ1) is 9.24. The summed E-state index contributed by atoms with van der Waals surface area (Å²) in [5, 5.41) is 0. The van der Waals surface area contributed by atoms with Crippen molar-refractivity contribution in [1.82, 2.24) is 5.48 Å². The van der Waals surface area contributed by atoms with Crippen LogP contribution in [0.15, 0.2) is 30.3 Å². The van der Waals surface area contributed by atoms with Crippen molar-refractivity contribution in [2.75, 3.05) is 13.7 Å². The maximum Gasteiger partial charge on any atom is 0.243 e. The molecule has 6 heteroatoms. The number of amides is 1. The molecule has 19 heavy (non-hydrogen) atoms. The Kier molecular flexibility index (Phi) is 12.5. The van der Waals surface area contributed by atoms with Gasteiger partial charge in [0.25, 0.3) is 0 Å². The predicted molar refractivity (Wildman–Crippen MR) is 75.1 cm³/mol. The molecule has 0 fully saturated rings. The van der Waals surface area contributed by atoms with Gasteiger partial charge in [-0.15, -0.1) is 0 Å². The summed E-state index contributed by atoms with van der Waals surface area (Å²) in [5.41, 5.74) is 8.77. The van der Waals surface area contributed by atoms with Crippen molar-refractivity contribution in [1.29, 1.82) is 0 Å². The van der Waals surface area contributed by atoms with Gasteiger partial charge in [0.05, 0.1) is 25.6 Å². The summed E-state index contributed by atoms with van der Waals surface area (Å²) in [7, 11) is 1.39. The highest BCUT2D eigenvalue weighted by molar-refractivity contribution is 6.07. The Labute approximate surface area is 119 Å². The lowest BCUT2D eigenvalue weighted by Gasteiger charge is -2.05. The second-order valence-electron chi connectivity index (χ2n) is 3.70. The van der Waals surface area contributed by atoms with Crippen LogP contribution in [0.1, 0.15) is 24.8 Å². The minimum Gasteiger partial charge on any atom is -0.330 e. The van der Waals surface area contributed by atoms with Gasteiger partial charge < -0.3 is 5.73 Å². The van der Waals surface area contributed by atoms with Gasteiger partial charge in [0.2, 0.25) is 5.91 Å². The maximum absolute atomic E-state index is 11.2. The molecule has 0 radical (unpaired) electrons. The van der Waals surface area contributed by atoms with Crippen molar-refractivity contribution < 1.29 is 13.9 Å². The summed E-state index contributed by atoms with van der Waals surface area (Å²) in [6, 6.07) is 9.69. The smallest absolute Gasteiger partial charge is 0.243 e. The van der Waals surface area contributed by atoms with Crippen LogP contribution in [0.3, 0.4) is 0 Å². The Balaban J connectivity index is 0.000000982. The highest BCUT2D eigenvalue weighted by Crippen LogP contribution is 1.99. The second kappa shape index (κ2) is 13.3. The number of benzene rings is 1. The number of hydrogen-bond donors (Lipinski definition) is 2. The lowest BCUT2D eigenvalue weighted by molar-refractivity contribution is -0.134. The summed E-state index contributed by atoms with van der Waals surface area (Å²) in [4.78, 5) is 16.3. The lowest BCUT2D eigenvalue weighted by Crippen LogP contribution is -2.23. The van der Waals surface area contributed by atoms with Gasteiger partial charge in [-0.05, 0) is 24.9 Å².